The Bertz CT molecular complexity index is 634. The van der Waals surface area contributed by atoms with Gasteiger partial charge in [0.25, 0.3) is 0 Å². The number of carbonyl (C=O) groups excluding carboxylic acids is 1. The molecular formula is C14H20Cl2N2O3S. The number of rotatable bonds is 5. The minimum atomic E-state index is -3.95. The van der Waals surface area contributed by atoms with Gasteiger partial charge in [-0.3, -0.25) is 4.79 Å². The van der Waals surface area contributed by atoms with Crippen LogP contribution in [0.4, 0.5) is 0 Å². The van der Waals surface area contributed by atoms with E-state index in [9.17, 15) is 13.2 Å². The average molecular weight is 367 g/mol. The van der Waals surface area contributed by atoms with Gasteiger partial charge < -0.3 is 5.32 Å². The molecule has 0 aliphatic heterocycles. The largest absolute Gasteiger partial charge is 0.350 e. The molecule has 1 rings (SSSR count). The SMILES string of the molecule is CCN(CC(=O)NC(C)(C)C)S(=O)(=O)c1c(Cl)cccc1Cl. The molecule has 0 aromatic heterocycles. The van der Waals surface area contributed by atoms with Gasteiger partial charge >= 0.3 is 0 Å². The van der Waals surface area contributed by atoms with Gasteiger partial charge in [-0.05, 0) is 32.9 Å². The van der Waals surface area contributed by atoms with Gasteiger partial charge in [0.2, 0.25) is 15.9 Å². The number of nitrogens with zero attached hydrogens (tertiary/aromatic N) is 1. The molecule has 1 aromatic rings. The molecule has 0 saturated carbocycles. The highest BCUT2D eigenvalue weighted by atomic mass is 35.5. The first-order chi connectivity index (χ1) is 9.99. The summed E-state index contributed by atoms with van der Waals surface area (Å²) in [6.45, 7) is 6.94. The first kappa shape index (κ1) is 19.2. The lowest BCUT2D eigenvalue weighted by Crippen LogP contribution is -2.47. The number of hydrogen-bond acceptors (Lipinski definition) is 3. The Labute approximate surface area is 141 Å². The molecule has 1 N–H and O–H groups in total. The van der Waals surface area contributed by atoms with Gasteiger partial charge in [0.05, 0.1) is 16.6 Å². The number of carbonyl (C=O) groups is 1. The lowest BCUT2D eigenvalue weighted by molar-refractivity contribution is -0.122. The van der Waals surface area contributed by atoms with E-state index >= 15 is 0 Å². The molecule has 1 amide bonds. The predicted octanol–water partition coefficient (Wildman–Crippen LogP) is 2.92. The van der Waals surface area contributed by atoms with Crippen molar-refractivity contribution in [3.63, 3.8) is 0 Å². The Morgan fingerprint density at radius 1 is 1.23 bits per heavy atom. The van der Waals surface area contributed by atoms with Crippen LogP contribution in [0.25, 0.3) is 0 Å². The van der Waals surface area contributed by atoms with Crippen molar-refractivity contribution in [2.24, 2.45) is 0 Å². The average Bonchev–Trinajstić information content (AvgIpc) is 2.33. The van der Waals surface area contributed by atoms with E-state index in [-0.39, 0.29) is 33.9 Å². The van der Waals surface area contributed by atoms with Crippen LogP contribution in [0.2, 0.25) is 10.0 Å². The molecule has 0 aliphatic rings. The highest BCUT2D eigenvalue weighted by Gasteiger charge is 2.30. The Balaban J connectivity index is 3.11. The Hall–Kier alpha value is -0.820. The van der Waals surface area contributed by atoms with Gasteiger partial charge in [0, 0.05) is 12.1 Å². The zero-order valence-electron chi connectivity index (χ0n) is 13.0. The number of amides is 1. The van der Waals surface area contributed by atoms with Gasteiger partial charge in [-0.2, -0.15) is 4.31 Å². The smallest absolute Gasteiger partial charge is 0.246 e. The molecule has 22 heavy (non-hydrogen) atoms. The van der Waals surface area contributed by atoms with Crippen molar-refractivity contribution >= 4 is 39.1 Å². The van der Waals surface area contributed by atoms with E-state index in [4.69, 9.17) is 23.2 Å². The summed E-state index contributed by atoms with van der Waals surface area (Å²) in [4.78, 5) is 11.8. The monoisotopic (exact) mass is 366 g/mol. The molecule has 0 heterocycles. The fourth-order valence-corrected chi connectivity index (χ4v) is 4.34. The third-order valence-electron chi connectivity index (χ3n) is 2.70. The predicted molar refractivity (Wildman–Crippen MR) is 88.8 cm³/mol. The summed E-state index contributed by atoms with van der Waals surface area (Å²) >= 11 is 11.9. The van der Waals surface area contributed by atoms with Crippen molar-refractivity contribution < 1.29 is 13.2 Å². The quantitative estimate of drug-likeness (QED) is 0.870. The second-order valence-corrected chi connectivity index (χ2v) is 8.47. The molecule has 5 nitrogen and oxygen atoms in total. The number of benzene rings is 1. The molecular weight excluding hydrogens is 347 g/mol. The van der Waals surface area contributed by atoms with E-state index in [2.05, 4.69) is 5.32 Å². The molecule has 0 atom stereocenters. The maximum Gasteiger partial charge on any atom is 0.246 e. The van der Waals surface area contributed by atoms with Gasteiger partial charge in [-0.25, -0.2) is 8.42 Å². The number of halogens is 2. The second kappa shape index (κ2) is 7.17. The number of sulfonamides is 1. The standard InChI is InChI=1S/C14H20Cl2N2O3S/c1-5-18(9-12(19)17-14(2,3)4)22(20,21)13-10(15)7-6-8-11(13)16/h6-8H,5,9H2,1-4H3,(H,17,19). The van der Waals surface area contributed by atoms with Crippen LogP contribution in [-0.4, -0.2) is 37.3 Å². The summed E-state index contributed by atoms with van der Waals surface area (Å²) in [6, 6.07) is 4.46. The fraction of sp³-hybridized carbons (Fsp3) is 0.500. The van der Waals surface area contributed by atoms with Crippen LogP contribution in [0.3, 0.4) is 0 Å². The zero-order chi connectivity index (χ0) is 17.1. The minimum absolute atomic E-state index is 0.0298. The number of nitrogens with one attached hydrogen (secondary N) is 1. The Morgan fingerprint density at radius 3 is 2.14 bits per heavy atom. The van der Waals surface area contributed by atoms with Crippen LogP contribution in [0.5, 0.6) is 0 Å². The first-order valence-electron chi connectivity index (χ1n) is 6.74. The molecule has 0 aliphatic carbocycles. The maximum atomic E-state index is 12.7. The maximum absolute atomic E-state index is 12.7. The van der Waals surface area contributed by atoms with Crippen LogP contribution in [0.15, 0.2) is 23.1 Å². The molecule has 0 unspecified atom stereocenters. The third kappa shape index (κ3) is 4.84. The first-order valence-corrected chi connectivity index (χ1v) is 8.94. The lowest BCUT2D eigenvalue weighted by atomic mass is 10.1. The van der Waals surface area contributed by atoms with Crippen molar-refractivity contribution in [1.82, 2.24) is 9.62 Å². The van der Waals surface area contributed by atoms with Crippen molar-refractivity contribution in [2.75, 3.05) is 13.1 Å². The number of hydrogen-bond donors (Lipinski definition) is 1. The van der Waals surface area contributed by atoms with Gasteiger partial charge in [0.15, 0.2) is 0 Å². The Kier molecular flexibility index (Phi) is 6.27. The molecule has 0 spiro atoms. The summed E-state index contributed by atoms with van der Waals surface area (Å²) in [7, 11) is -3.95. The minimum Gasteiger partial charge on any atom is -0.350 e. The van der Waals surface area contributed by atoms with E-state index in [1.807, 2.05) is 20.8 Å². The van der Waals surface area contributed by atoms with E-state index in [0.717, 1.165) is 4.31 Å². The summed E-state index contributed by atoms with van der Waals surface area (Å²) in [5.74, 6) is -0.388. The topological polar surface area (TPSA) is 66.5 Å². The fourth-order valence-electron chi connectivity index (χ4n) is 1.84. The van der Waals surface area contributed by atoms with Crippen LogP contribution < -0.4 is 5.32 Å². The van der Waals surface area contributed by atoms with E-state index in [1.165, 1.54) is 12.1 Å². The van der Waals surface area contributed by atoms with Crippen molar-refractivity contribution in [3.05, 3.63) is 28.2 Å². The van der Waals surface area contributed by atoms with Crippen LogP contribution in [-0.2, 0) is 14.8 Å². The molecule has 0 bridgehead atoms. The summed E-state index contributed by atoms with van der Waals surface area (Å²) in [5.41, 5.74) is -0.442. The van der Waals surface area contributed by atoms with E-state index in [1.54, 1.807) is 13.0 Å². The second-order valence-electron chi connectivity index (χ2n) is 5.78. The summed E-state index contributed by atoms with van der Waals surface area (Å²) in [6.07, 6.45) is 0. The van der Waals surface area contributed by atoms with E-state index in [0.29, 0.717) is 0 Å². The lowest BCUT2D eigenvalue weighted by Gasteiger charge is -2.25. The molecule has 1 aromatic carbocycles. The van der Waals surface area contributed by atoms with Gasteiger partial charge in [-0.15, -0.1) is 0 Å². The third-order valence-corrected chi connectivity index (χ3v) is 5.58. The van der Waals surface area contributed by atoms with Crippen molar-refractivity contribution in [1.29, 1.82) is 0 Å². The molecule has 0 saturated heterocycles. The molecule has 8 heteroatoms. The van der Waals surface area contributed by atoms with E-state index < -0.39 is 15.6 Å². The van der Waals surface area contributed by atoms with Crippen molar-refractivity contribution in [3.8, 4) is 0 Å². The molecule has 124 valence electrons. The van der Waals surface area contributed by atoms with Gasteiger partial charge in [0.1, 0.15) is 4.90 Å². The summed E-state index contributed by atoms with van der Waals surface area (Å²) in [5, 5.41) is 2.79. The Morgan fingerprint density at radius 2 is 1.73 bits per heavy atom. The summed E-state index contributed by atoms with van der Waals surface area (Å²) < 4.78 is 26.4. The normalized spacial score (nSPS) is 12.5. The van der Waals surface area contributed by atoms with Crippen LogP contribution in [0, 0.1) is 0 Å². The zero-order valence-corrected chi connectivity index (χ0v) is 15.3. The van der Waals surface area contributed by atoms with Crippen LogP contribution >= 0.6 is 23.2 Å². The van der Waals surface area contributed by atoms with Crippen molar-refractivity contribution in [2.45, 2.75) is 38.1 Å². The highest BCUT2D eigenvalue weighted by molar-refractivity contribution is 7.89. The molecule has 0 radical (unpaired) electrons. The molecule has 0 fully saturated rings. The number of likely N-dealkylation sites (N-methyl/N-ethyl adjacent to an activating group) is 1. The highest BCUT2D eigenvalue weighted by Crippen LogP contribution is 2.31. The van der Waals surface area contributed by atoms with Crippen LogP contribution in [0.1, 0.15) is 27.7 Å². The van der Waals surface area contributed by atoms with Gasteiger partial charge in [-0.1, -0.05) is 36.2 Å².